The molecule has 0 aliphatic carbocycles. The first-order valence-corrected chi connectivity index (χ1v) is 6.94. The second-order valence-corrected chi connectivity index (χ2v) is 6.65. The highest BCUT2D eigenvalue weighted by molar-refractivity contribution is 9.10. The van der Waals surface area contributed by atoms with Gasteiger partial charge in [0, 0.05) is 18.7 Å². The summed E-state index contributed by atoms with van der Waals surface area (Å²) in [6, 6.07) is 5.54. The minimum Gasteiger partial charge on any atom is -0.506 e. The molecule has 0 saturated carbocycles. The zero-order valence-electron chi connectivity index (χ0n) is 11.2. The lowest BCUT2D eigenvalue weighted by Crippen LogP contribution is -2.29. The third-order valence-corrected chi connectivity index (χ3v) is 3.25. The van der Waals surface area contributed by atoms with Crippen LogP contribution in [-0.2, 0) is 6.54 Å². The van der Waals surface area contributed by atoms with E-state index in [-0.39, 0.29) is 17.3 Å². The smallest absolute Gasteiger partial charge is 0.134 e. The van der Waals surface area contributed by atoms with Crippen LogP contribution >= 0.6 is 15.9 Å². The van der Waals surface area contributed by atoms with Crippen molar-refractivity contribution in [2.45, 2.75) is 39.8 Å². The van der Waals surface area contributed by atoms with Gasteiger partial charge in [0.05, 0.1) is 10.6 Å². The number of hydrogen-bond acceptors (Lipinski definition) is 3. The Bertz CT molecular complexity index is 388. The summed E-state index contributed by atoms with van der Waals surface area (Å²) < 4.78 is 0.692. The molecular formula is C14H22BrNO2. The second kappa shape index (κ2) is 6.55. The Balaban J connectivity index is 2.40. The number of rotatable bonds is 5. The summed E-state index contributed by atoms with van der Waals surface area (Å²) in [7, 11) is 0. The van der Waals surface area contributed by atoms with E-state index in [1.54, 1.807) is 6.07 Å². The number of benzene rings is 1. The Labute approximate surface area is 117 Å². The first-order valence-electron chi connectivity index (χ1n) is 6.15. The van der Waals surface area contributed by atoms with Gasteiger partial charge in [0.1, 0.15) is 5.75 Å². The van der Waals surface area contributed by atoms with Crippen LogP contribution in [0.4, 0.5) is 0 Å². The van der Waals surface area contributed by atoms with Crippen molar-refractivity contribution in [3.8, 4) is 5.75 Å². The molecule has 0 aliphatic rings. The van der Waals surface area contributed by atoms with E-state index in [0.717, 1.165) is 12.0 Å². The molecule has 102 valence electrons. The van der Waals surface area contributed by atoms with E-state index >= 15 is 0 Å². The molecule has 3 N–H and O–H groups in total. The monoisotopic (exact) mass is 315 g/mol. The van der Waals surface area contributed by atoms with Gasteiger partial charge in [-0.2, -0.15) is 0 Å². The van der Waals surface area contributed by atoms with E-state index in [1.807, 2.05) is 12.1 Å². The van der Waals surface area contributed by atoms with E-state index < -0.39 is 0 Å². The summed E-state index contributed by atoms with van der Waals surface area (Å²) in [5, 5.41) is 22.8. The first-order chi connectivity index (χ1) is 8.29. The predicted molar refractivity (Wildman–Crippen MR) is 77.6 cm³/mol. The van der Waals surface area contributed by atoms with Crippen molar-refractivity contribution in [3.63, 3.8) is 0 Å². The lowest BCUT2D eigenvalue weighted by molar-refractivity contribution is 0.119. The molecule has 1 aromatic rings. The average Bonchev–Trinajstić information content (AvgIpc) is 2.21. The summed E-state index contributed by atoms with van der Waals surface area (Å²) >= 11 is 3.28. The molecule has 1 unspecified atom stereocenters. The van der Waals surface area contributed by atoms with Crippen LogP contribution in [-0.4, -0.2) is 22.9 Å². The molecule has 0 aliphatic heterocycles. The molecule has 0 aromatic heterocycles. The Morgan fingerprint density at radius 2 is 2.00 bits per heavy atom. The van der Waals surface area contributed by atoms with E-state index in [0.29, 0.717) is 17.6 Å². The summed E-state index contributed by atoms with van der Waals surface area (Å²) in [5.74, 6) is 0.260. The summed E-state index contributed by atoms with van der Waals surface area (Å²) in [6.07, 6.45) is 0.393. The maximum absolute atomic E-state index is 9.85. The molecule has 3 nitrogen and oxygen atoms in total. The standard InChI is InChI=1S/C14H22BrNO2/c1-14(2,3)7-11(17)9-16-8-10-5-4-6-12(15)13(10)18/h4-6,11,16-18H,7-9H2,1-3H3. The molecule has 4 heteroatoms. The van der Waals surface area contributed by atoms with Crippen molar-refractivity contribution in [1.29, 1.82) is 0 Å². The zero-order valence-corrected chi connectivity index (χ0v) is 12.8. The summed E-state index contributed by atoms with van der Waals surface area (Å²) in [6.45, 7) is 7.40. The minimum atomic E-state index is -0.362. The number of halogens is 1. The van der Waals surface area contributed by atoms with Crippen molar-refractivity contribution in [2.24, 2.45) is 5.41 Å². The molecule has 0 fully saturated rings. The van der Waals surface area contributed by atoms with Crippen LogP contribution in [0.1, 0.15) is 32.8 Å². The maximum atomic E-state index is 9.85. The van der Waals surface area contributed by atoms with E-state index in [9.17, 15) is 10.2 Å². The number of aliphatic hydroxyl groups excluding tert-OH is 1. The van der Waals surface area contributed by atoms with Crippen LogP contribution in [0.15, 0.2) is 22.7 Å². The third-order valence-electron chi connectivity index (χ3n) is 2.61. The molecule has 1 aromatic carbocycles. The molecule has 0 bridgehead atoms. The maximum Gasteiger partial charge on any atom is 0.134 e. The van der Waals surface area contributed by atoms with Gasteiger partial charge in [-0.3, -0.25) is 0 Å². The average molecular weight is 316 g/mol. The molecule has 0 saturated heterocycles. The van der Waals surface area contributed by atoms with E-state index in [2.05, 4.69) is 42.0 Å². The molecule has 0 heterocycles. The van der Waals surface area contributed by atoms with Gasteiger partial charge in [-0.1, -0.05) is 32.9 Å². The van der Waals surface area contributed by atoms with Crippen molar-refractivity contribution < 1.29 is 10.2 Å². The molecular weight excluding hydrogens is 294 g/mol. The van der Waals surface area contributed by atoms with E-state index in [4.69, 9.17) is 0 Å². The number of phenols is 1. The van der Waals surface area contributed by atoms with Crippen molar-refractivity contribution in [3.05, 3.63) is 28.2 Å². The number of phenolic OH excluding ortho intramolecular Hbond substituents is 1. The van der Waals surface area contributed by atoms with Crippen LogP contribution in [0.25, 0.3) is 0 Å². The van der Waals surface area contributed by atoms with Crippen molar-refractivity contribution in [1.82, 2.24) is 5.32 Å². The SMILES string of the molecule is CC(C)(C)CC(O)CNCc1cccc(Br)c1O. The van der Waals surface area contributed by atoms with Gasteiger partial charge in [-0.05, 0) is 33.8 Å². The van der Waals surface area contributed by atoms with Crippen LogP contribution in [0.5, 0.6) is 5.75 Å². The molecule has 0 amide bonds. The van der Waals surface area contributed by atoms with Gasteiger partial charge in [0.2, 0.25) is 0 Å². The highest BCUT2D eigenvalue weighted by Gasteiger charge is 2.16. The molecule has 0 spiro atoms. The predicted octanol–water partition coefficient (Wildman–Crippen LogP) is 3.04. The number of aliphatic hydroxyl groups is 1. The van der Waals surface area contributed by atoms with Gasteiger partial charge in [-0.25, -0.2) is 0 Å². The largest absolute Gasteiger partial charge is 0.506 e. The minimum absolute atomic E-state index is 0.124. The van der Waals surface area contributed by atoms with Crippen LogP contribution < -0.4 is 5.32 Å². The topological polar surface area (TPSA) is 52.5 Å². The van der Waals surface area contributed by atoms with Crippen LogP contribution in [0.3, 0.4) is 0 Å². The Kier molecular flexibility index (Phi) is 5.63. The fraction of sp³-hybridized carbons (Fsp3) is 0.571. The van der Waals surface area contributed by atoms with Crippen molar-refractivity contribution in [2.75, 3.05) is 6.54 Å². The third kappa shape index (κ3) is 5.38. The van der Waals surface area contributed by atoms with Gasteiger partial charge in [-0.15, -0.1) is 0 Å². The van der Waals surface area contributed by atoms with Crippen molar-refractivity contribution >= 4 is 15.9 Å². The molecule has 1 rings (SSSR count). The highest BCUT2D eigenvalue weighted by atomic mass is 79.9. The molecule has 18 heavy (non-hydrogen) atoms. The van der Waals surface area contributed by atoms with Gasteiger partial charge in [0.15, 0.2) is 0 Å². The zero-order chi connectivity index (χ0) is 13.8. The normalized spacial score (nSPS) is 13.6. The Morgan fingerprint density at radius 1 is 1.33 bits per heavy atom. The van der Waals surface area contributed by atoms with E-state index in [1.165, 1.54) is 0 Å². The fourth-order valence-electron chi connectivity index (χ4n) is 1.86. The summed E-state index contributed by atoms with van der Waals surface area (Å²) in [5.41, 5.74) is 0.950. The number of hydrogen-bond donors (Lipinski definition) is 3. The quantitative estimate of drug-likeness (QED) is 0.782. The number of aromatic hydroxyl groups is 1. The Hall–Kier alpha value is -0.580. The first kappa shape index (κ1) is 15.5. The fourth-order valence-corrected chi connectivity index (χ4v) is 2.26. The van der Waals surface area contributed by atoms with Gasteiger partial charge >= 0.3 is 0 Å². The summed E-state index contributed by atoms with van der Waals surface area (Å²) in [4.78, 5) is 0. The van der Waals surface area contributed by atoms with Gasteiger partial charge < -0.3 is 15.5 Å². The Morgan fingerprint density at radius 3 is 2.61 bits per heavy atom. The molecule has 0 radical (unpaired) electrons. The second-order valence-electron chi connectivity index (χ2n) is 5.80. The lowest BCUT2D eigenvalue weighted by Gasteiger charge is -2.22. The molecule has 1 atom stereocenters. The van der Waals surface area contributed by atoms with Crippen LogP contribution in [0.2, 0.25) is 0 Å². The number of nitrogens with one attached hydrogen (secondary N) is 1. The van der Waals surface area contributed by atoms with Gasteiger partial charge in [0.25, 0.3) is 0 Å². The highest BCUT2D eigenvalue weighted by Crippen LogP contribution is 2.27. The van der Waals surface area contributed by atoms with Crippen LogP contribution in [0, 0.1) is 5.41 Å². The lowest BCUT2D eigenvalue weighted by atomic mass is 9.89. The number of para-hydroxylation sites is 1.